The van der Waals surface area contributed by atoms with Crippen LogP contribution in [0.5, 0.6) is 0 Å². The molecule has 0 aliphatic heterocycles. The van der Waals surface area contributed by atoms with Crippen molar-refractivity contribution < 1.29 is 0 Å². The highest BCUT2D eigenvalue weighted by atomic mass is 79.9. The number of nitrogens with zero attached hydrogens (tertiary/aromatic N) is 1. The molecule has 0 aromatic carbocycles. The third-order valence-electron chi connectivity index (χ3n) is 1.62. The highest BCUT2D eigenvalue weighted by Crippen LogP contribution is 2.19. The molecule has 1 aromatic heterocycles. The number of aromatic nitrogens is 1. The Morgan fingerprint density at radius 2 is 2.29 bits per heavy atom. The maximum Gasteiger partial charge on any atom is 0.0684 e. The Labute approximate surface area is 101 Å². The lowest BCUT2D eigenvalue weighted by molar-refractivity contribution is 0.685. The summed E-state index contributed by atoms with van der Waals surface area (Å²) in [7, 11) is 0. The summed E-state index contributed by atoms with van der Waals surface area (Å²) in [4.78, 5) is 4.27. The van der Waals surface area contributed by atoms with Crippen LogP contribution in [0.2, 0.25) is 0 Å². The molecule has 2 nitrogen and oxygen atoms in total. The Kier molecular flexibility index (Phi) is 5.16. The molecule has 14 heavy (non-hydrogen) atoms. The van der Waals surface area contributed by atoms with E-state index in [9.17, 15) is 0 Å². The van der Waals surface area contributed by atoms with E-state index >= 15 is 0 Å². The first-order valence-corrected chi connectivity index (χ1v) is 5.76. The lowest BCUT2D eigenvalue weighted by Gasteiger charge is -2.04. The number of pyridine rings is 1. The Morgan fingerprint density at radius 1 is 1.50 bits per heavy atom. The van der Waals surface area contributed by atoms with Gasteiger partial charge in [0.25, 0.3) is 0 Å². The molecule has 4 heteroatoms. The minimum Gasteiger partial charge on any atom is -0.310 e. The van der Waals surface area contributed by atoms with E-state index in [-0.39, 0.29) is 0 Å². The molecule has 0 bridgehead atoms. The van der Waals surface area contributed by atoms with Crippen molar-refractivity contribution in [2.24, 2.45) is 0 Å². The van der Waals surface area contributed by atoms with Crippen molar-refractivity contribution >= 4 is 31.9 Å². The molecule has 0 fully saturated rings. The predicted octanol–water partition coefficient (Wildman–Crippen LogP) is 2.72. The SMILES string of the molecule is C#CCCNCc1ncc(Br)cc1Br. The minimum atomic E-state index is 0.732. The van der Waals surface area contributed by atoms with Gasteiger partial charge in [0.1, 0.15) is 0 Å². The van der Waals surface area contributed by atoms with Crippen molar-refractivity contribution in [3.8, 4) is 12.3 Å². The fourth-order valence-corrected chi connectivity index (χ4v) is 2.07. The third-order valence-corrected chi connectivity index (χ3v) is 2.74. The Morgan fingerprint density at radius 3 is 2.93 bits per heavy atom. The standard InChI is InChI=1S/C10H10Br2N2/c1-2-3-4-13-7-10-9(12)5-8(11)6-14-10/h1,5-6,13H,3-4,7H2. The van der Waals surface area contributed by atoms with Gasteiger partial charge in [-0.2, -0.15) is 0 Å². The van der Waals surface area contributed by atoms with Crippen LogP contribution in [-0.4, -0.2) is 11.5 Å². The van der Waals surface area contributed by atoms with Gasteiger partial charge in [0, 0.05) is 34.7 Å². The van der Waals surface area contributed by atoms with Gasteiger partial charge in [0.2, 0.25) is 0 Å². The maximum absolute atomic E-state index is 5.14. The molecule has 0 saturated heterocycles. The summed E-state index contributed by atoms with van der Waals surface area (Å²) in [5.41, 5.74) is 0.991. The average Bonchev–Trinajstić information content (AvgIpc) is 2.15. The highest BCUT2D eigenvalue weighted by Gasteiger charge is 2.00. The first kappa shape index (κ1) is 11.7. The normalized spacial score (nSPS) is 9.79. The third kappa shape index (κ3) is 3.79. The van der Waals surface area contributed by atoms with Gasteiger partial charge in [-0.1, -0.05) is 0 Å². The van der Waals surface area contributed by atoms with Crippen molar-refractivity contribution in [3.05, 3.63) is 26.9 Å². The van der Waals surface area contributed by atoms with Crippen molar-refractivity contribution in [1.29, 1.82) is 0 Å². The van der Waals surface area contributed by atoms with Crippen LogP contribution in [0.15, 0.2) is 21.2 Å². The quantitative estimate of drug-likeness (QED) is 0.682. The average molecular weight is 318 g/mol. The number of nitrogens with one attached hydrogen (secondary N) is 1. The van der Waals surface area contributed by atoms with Gasteiger partial charge in [-0.3, -0.25) is 4.98 Å². The van der Waals surface area contributed by atoms with Crippen LogP contribution in [0.1, 0.15) is 12.1 Å². The van der Waals surface area contributed by atoms with E-state index in [4.69, 9.17) is 6.42 Å². The highest BCUT2D eigenvalue weighted by molar-refractivity contribution is 9.11. The van der Waals surface area contributed by atoms with Gasteiger partial charge < -0.3 is 5.32 Å². The van der Waals surface area contributed by atoms with Crippen molar-refractivity contribution in [1.82, 2.24) is 10.3 Å². The molecule has 0 spiro atoms. The van der Waals surface area contributed by atoms with Crippen LogP contribution in [0.25, 0.3) is 0 Å². The summed E-state index contributed by atoms with van der Waals surface area (Å²) in [6, 6.07) is 1.98. The zero-order valence-electron chi connectivity index (χ0n) is 7.56. The van der Waals surface area contributed by atoms with E-state index in [1.807, 2.05) is 6.07 Å². The predicted molar refractivity (Wildman–Crippen MR) is 64.8 cm³/mol. The van der Waals surface area contributed by atoms with Gasteiger partial charge in [0.15, 0.2) is 0 Å². The van der Waals surface area contributed by atoms with Gasteiger partial charge in [0.05, 0.1) is 5.69 Å². The molecule has 74 valence electrons. The molecule has 0 aliphatic rings. The van der Waals surface area contributed by atoms with Gasteiger partial charge in [-0.25, -0.2) is 0 Å². The van der Waals surface area contributed by atoms with Crippen LogP contribution in [0.3, 0.4) is 0 Å². The molecule has 0 atom stereocenters. The number of terminal acetylenes is 1. The van der Waals surface area contributed by atoms with Crippen LogP contribution < -0.4 is 5.32 Å². The van der Waals surface area contributed by atoms with Gasteiger partial charge in [-0.05, 0) is 37.9 Å². The summed E-state index contributed by atoms with van der Waals surface area (Å²) in [5, 5.41) is 3.21. The molecule has 1 rings (SSSR count). The molecule has 0 radical (unpaired) electrons. The second-order valence-corrected chi connectivity index (χ2v) is 4.48. The summed E-state index contributed by atoms with van der Waals surface area (Å²) in [6.07, 6.45) is 7.66. The lowest BCUT2D eigenvalue weighted by Crippen LogP contribution is -2.15. The van der Waals surface area contributed by atoms with Crippen LogP contribution in [0.4, 0.5) is 0 Å². The first-order valence-electron chi connectivity index (χ1n) is 4.18. The first-order chi connectivity index (χ1) is 6.74. The van der Waals surface area contributed by atoms with Crippen LogP contribution in [-0.2, 0) is 6.54 Å². The van der Waals surface area contributed by atoms with Crippen LogP contribution in [0, 0.1) is 12.3 Å². The Bertz CT molecular complexity index is 344. The Hall–Kier alpha value is -0.370. The van der Waals surface area contributed by atoms with Crippen molar-refractivity contribution in [2.75, 3.05) is 6.54 Å². The zero-order chi connectivity index (χ0) is 10.4. The molecule has 0 amide bonds. The second-order valence-electron chi connectivity index (χ2n) is 2.71. The monoisotopic (exact) mass is 316 g/mol. The topological polar surface area (TPSA) is 24.9 Å². The Balaban J connectivity index is 2.47. The van der Waals surface area contributed by atoms with Gasteiger partial charge >= 0.3 is 0 Å². The lowest BCUT2D eigenvalue weighted by atomic mass is 10.3. The van der Waals surface area contributed by atoms with E-state index in [1.165, 1.54) is 0 Å². The summed E-state index contributed by atoms with van der Waals surface area (Å²) in [6.45, 7) is 1.55. The van der Waals surface area contributed by atoms with E-state index in [2.05, 4.69) is 48.1 Å². The minimum absolute atomic E-state index is 0.732. The second kappa shape index (κ2) is 6.18. The molecular formula is C10H10Br2N2. The number of hydrogen-bond acceptors (Lipinski definition) is 2. The maximum atomic E-state index is 5.14. The number of halogens is 2. The summed E-state index contributed by atoms with van der Waals surface area (Å²) >= 11 is 6.79. The fourth-order valence-electron chi connectivity index (χ4n) is 0.940. The molecule has 0 saturated carbocycles. The number of rotatable bonds is 4. The smallest absolute Gasteiger partial charge is 0.0684 e. The molecule has 0 unspecified atom stereocenters. The zero-order valence-corrected chi connectivity index (χ0v) is 10.7. The largest absolute Gasteiger partial charge is 0.310 e. The van der Waals surface area contributed by atoms with E-state index in [1.54, 1.807) is 6.20 Å². The summed E-state index contributed by atoms with van der Waals surface area (Å²) < 4.78 is 1.97. The molecule has 1 N–H and O–H groups in total. The molecule has 1 aromatic rings. The van der Waals surface area contributed by atoms with E-state index in [0.29, 0.717) is 0 Å². The summed E-state index contributed by atoms with van der Waals surface area (Å²) in [5.74, 6) is 2.58. The number of hydrogen-bond donors (Lipinski definition) is 1. The molecule has 0 aliphatic carbocycles. The van der Waals surface area contributed by atoms with E-state index < -0.39 is 0 Å². The van der Waals surface area contributed by atoms with Crippen LogP contribution >= 0.6 is 31.9 Å². The van der Waals surface area contributed by atoms with E-state index in [0.717, 1.165) is 34.1 Å². The molecular weight excluding hydrogens is 308 g/mol. The fraction of sp³-hybridized carbons (Fsp3) is 0.300. The molecule has 1 heterocycles. The van der Waals surface area contributed by atoms with Crippen molar-refractivity contribution in [2.45, 2.75) is 13.0 Å². The van der Waals surface area contributed by atoms with Crippen molar-refractivity contribution in [3.63, 3.8) is 0 Å². The van der Waals surface area contributed by atoms with Gasteiger partial charge in [-0.15, -0.1) is 12.3 Å².